The second-order valence-corrected chi connectivity index (χ2v) is 5.13. The third-order valence-electron chi connectivity index (χ3n) is 3.19. The Morgan fingerprint density at radius 1 is 1.41 bits per heavy atom. The zero-order chi connectivity index (χ0) is 12.1. The van der Waals surface area contributed by atoms with Crippen molar-refractivity contribution in [1.82, 2.24) is 25.2 Å². The average molecular weight is 237 g/mol. The van der Waals surface area contributed by atoms with Gasteiger partial charge in [0.15, 0.2) is 0 Å². The molecule has 2 rings (SSSR count). The van der Waals surface area contributed by atoms with Gasteiger partial charge in [0.25, 0.3) is 0 Å². The molecule has 0 amide bonds. The number of rotatable bonds is 5. The predicted octanol–water partition coefficient (Wildman–Crippen LogP) is 0.740. The summed E-state index contributed by atoms with van der Waals surface area (Å²) < 4.78 is 1.90. The number of piperidine rings is 1. The molecule has 2 heterocycles. The first-order valence-electron chi connectivity index (χ1n) is 6.56. The Balaban J connectivity index is 1.73. The van der Waals surface area contributed by atoms with E-state index >= 15 is 0 Å². The standard InChI is InChI=1S/C12H23N5/c1-11(2)14-12-4-3-6-16(10-12)8-9-17-7-5-13-15-17/h5,7,11-12,14H,3-4,6,8-10H2,1-2H3. The summed E-state index contributed by atoms with van der Waals surface area (Å²) in [6, 6.07) is 1.23. The molecule has 0 spiro atoms. The molecule has 0 aromatic carbocycles. The lowest BCUT2D eigenvalue weighted by Crippen LogP contribution is -2.48. The quantitative estimate of drug-likeness (QED) is 0.820. The average Bonchev–Trinajstić information content (AvgIpc) is 2.79. The van der Waals surface area contributed by atoms with Crippen molar-refractivity contribution in [3.05, 3.63) is 12.4 Å². The Labute approximate surface area is 103 Å². The summed E-state index contributed by atoms with van der Waals surface area (Å²) in [5.41, 5.74) is 0. The molecule has 17 heavy (non-hydrogen) atoms. The van der Waals surface area contributed by atoms with Crippen LogP contribution in [-0.2, 0) is 6.54 Å². The van der Waals surface area contributed by atoms with E-state index in [9.17, 15) is 0 Å². The summed E-state index contributed by atoms with van der Waals surface area (Å²) in [6.45, 7) is 8.81. The first-order valence-corrected chi connectivity index (χ1v) is 6.56. The smallest absolute Gasteiger partial charge is 0.0692 e. The molecule has 0 radical (unpaired) electrons. The van der Waals surface area contributed by atoms with Gasteiger partial charge in [-0.2, -0.15) is 0 Å². The molecule has 1 fully saturated rings. The molecular weight excluding hydrogens is 214 g/mol. The van der Waals surface area contributed by atoms with Gasteiger partial charge in [0.05, 0.1) is 12.7 Å². The summed E-state index contributed by atoms with van der Waals surface area (Å²) in [4.78, 5) is 2.52. The lowest BCUT2D eigenvalue weighted by molar-refractivity contribution is 0.178. The summed E-state index contributed by atoms with van der Waals surface area (Å²) in [7, 11) is 0. The number of nitrogens with one attached hydrogen (secondary N) is 1. The third kappa shape index (κ3) is 4.09. The van der Waals surface area contributed by atoms with Gasteiger partial charge in [-0.25, -0.2) is 0 Å². The Morgan fingerprint density at radius 3 is 3.00 bits per heavy atom. The van der Waals surface area contributed by atoms with Crippen molar-refractivity contribution in [3.8, 4) is 0 Å². The van der Waals surface area contributed by atoms with Gasteiger partial charge >= 0.3 is 0 Å². The van der Waals surface area contributed by atoms with Crippen LogP contribution in [0, 0.1) is 0 Å². The second kappa shape index (κ2) is 6.12. The van der Waals surface area contributed by atoms with E-state index in [0.717, 1.165) is 19.6 Å². The Bertz CT molecular complexity index is 309. The van der Waals surface area contributed by atoms with Crippen molar-refractivity contribution < 1.29 is 0 Å². The minimum absolute atomic E-state index is 0.579. The van der Waals surface area contributed by atoms with Crippen molar-refractivity contribution >= 4 is 0 Å². The molecule has 1 atom stereocenters. The summed E-state index contributed by atoms with van der Waals surface area (Å²) in [5, 5.41) is 11.4. The zero-order valence-corrected chi connectivity index (χ0v) is 10.8. The normalized spacial score (nSPS) is 22.2. The van der Waals surface area contributed by atoms with E-state index in [4.69, 9.17) is 0 Å². The molecule has 1 aliphatic rings. The fourth-order valence-corrected chi connectivity index (χ4v) is 2.46. The fraction of sp³-hybridized carbons (Fsp3) is 0.833. The van der Waals surface area contributed by atoms with Gasteiger partial charge < -0.3 is 5.32 Å². The first kappa shape index (κ1) is 12.5. The van der Waals surface area contributed by atoms with E-state index in [1.54, 1.807) is 6.20 Å². The van der Waals surface area contributed by atoms with Crippen LogP contribution in [0.4, 0.5) is 0 Å². The van der Waals surface area contributed by atoms with E-state index < -0.39 is 0 Å². The van der Waals surface area contributed by atoms with E-state index in [1.165, 1.54) is 19.4 Å². The number of likely N-dealkylation sites (tertiary alicyclic amines) is 1. The molecule has 0 saturated carbocycles. The van der Waals surface area contributed by atoms with Gasteiger partial charge in [0, 0.05) is 31.4 Å². The van der Waals surface area contributed by atoms with Crippen molar-refractivity contribution in [2.24, 2.45) is 0 Å². The van der Waals surface area contributed by atoms with Crippen LogP contribution in [0.5, 0.6) is 0 Å². The minimum Gasteiger partial charge on any atom is -0.311 e. The highest BCUT2D eigenvalue weighted by Crippen LogP contribution is 2.10. The Kier molecular flexibility index (Phi) is 4.50. The molecule has 96 valence electrons. The minimum atomic E-state index is 0.579. The third-order valence-corrected chi connectivity index (χ3v) is 3.19. The zero-order valence-electron chi connectivity index (χ0n) is 10.8. The monoisotopic (exact) mass is 237 g/mol. The van der Waals surface area contributed by atoms with Crippen molar-refractivity contribution in [1.29, 1.82) is 0 Å². The van der Waals surface area contributed by atoms with Crippen molar-refractivity contribution in [3.63, 3.8) is 0 Å². The molecule has 1 aromatic rings. The summed E-state index contributed by atoms with van der Waals surface area (Å²) in [6.07, 6.45) is 6.26. The number of hydrogen-bond acceptors (Lipinski definition) is 4. The second-order valence-electron chi connectivity index (χ2n) is 5.13. The Morgan fingerprint density at radius 2 is 2.29 bits per heavy atom. The van der Waals surface area contributed by atoms with Gasteiger partial charge in [-0.15, -0.1) is 5.10 Å². The van der Waals surface area contributed by atoms with E-state index in [-0.39, 0.29) is 0 Å². The van der Waals surface area contributed by atoms with Crippen LogP contribution in [0.25, 0.3) is 0 Å². The molecule has 5 heteroatoms. The predicted molar refractivity (Wildman–Crippen MR) is 67.8 cm³/mol. The maximum Gasteiger partial charge on any atom is 0.0692 e. The molecule has 0 aliphatic carbocycles. The van der Waals surface area contributed by atoms with Crippen LogP contribution >= 0.6 is 0 Å². The van der Waals surface area contributed by atoms with Crippen LogP contribution in [0.15, 0.2) is 12.4 Å². The molecule has 1 saturated heterocycles. The van der Waals surface area contributed by atoms with E-state index in [2.05, 4.69) is 34.4 Å². The van der Waals surface area contributed by atoms with Gasteiger partial charge in [-0.3, -0.25) is 9.58 Å². The van der Waals surface area contributed by atoms with Gasteiger partial charge in [0.2, 0.25) is 0 Å². The molecule has 1 aromatic heterocycles. The maximum absolute atomic E-state index is 3.99. The topological polar surface area (TPSA) is 46.0 Å². The van der Waals surface area contributed by atoms with Crippen LogP contribution in [0.1, 0.15) is 26.7 Å². The molecule has 1 N–H and O–H groups in total. The molecule has 1 aliphatic heterocycles. The van der Waals surface area contributed by atoms with Crippen molar-refractivity contribution in [2.75, 3.05) is 19.6 Å². The Hall–Kier alpha value is -0.940. The highest BCUT2D eigenvalue weighted by molar-refractivity contribution is 4.79. The lowest BCUT2D eigenvalue weighted by Gasteiger charge is -2.34. The van der Waals surface area contributed by atoms with E-state index in [1.807, 2.05) is 10.9 Å². The molecular formula is C12H23N5. The fourth-order valence-electron chi connectivity index (χ4n) is 2.46. The summed E-state index contributed by atoms with van der Waals surface area (Å²) in [5.74, 6) is 0. The maximum atomic E-state index is 3.99. The highest BCUT2D eigenvalue weighted by Gasteiger charge is 2.19. The molecule has 5 nitrogen and oxygen atoms in total. The summed E-state index contributed by atoms with van der Waals surface area (Å²) >= 11 is 0. The van der Waals surface area contributed by atoms with Gasteiger partial charge in [0.1, 0.15) is 0 Å². The van der Waals surface area contributed by atoms with Crippen LogP contribution in [0.2, 0.25) is 0 Å². The first-order chi connectivity index (χ1) is 8.24. The number of aromatic nitrogens is 3. The van der Waals surface area contributed by atoms with Gasteiger partial charge in [-0.1, -0.05) is 19.1 Å². The number of nitrogens with zero attached hydrogens (tertiary/aromatic N) is 4. The highest BCUT2D eigenvalue weighted by atomic mass is 15.4. The van der Waals surface area contributed by atoms with Gasteiger partial charge in [-0.05, 0) is 19.4 Å². The largest absolute Gasteiger partial charge is 0.311 e. The van der Waals surface area contributed by atoms with Crippen LogP contribution in [0.3, 0.4) is 0 Å². The molecule has 0 bridgehead atoms. The van der Waals surface area contributed by atoms with E-state index in [0.29, 0.717) is 12.1 Å². The molecule has 1 unspecified atom stereocenters. The van der Waals surface area contributed by atoms with Crippen molar-refractivity contribution in [2.45, 2.75) is 45.3 Å². The van der Waals surface area contributed by atoms with Crippen LogP contribution < -0.4 is 5.32 Å². The SMILES string of the molecule is CC(C)NC1CCCN(CCn2ccnn2)C1. The van der Waals surface area contributed by atoms with Crippen LogP contribution in [-0.4, -0.2) is 51.6 Å². The number of hydrogen-bond donors (Lipinski definition) is 1. The lowest BCUT2D eigenvalue weighted by atomic mass is 10.1.